The number of rotatable bonds is 3. The lowest BCUT2D eigenvalue weighted by Crippen LogP contribution is -2.30. The largest absolute Gasteiger partial charge is 0.466 e. The van der Waals surface area contributed by atoms with E-state index in [-0.39, 0.29) is 5.78 Å². The number of esters is 1. The molecular weight excluding hydrogens is 324 g/mol. The maximum atomic E-state index is 12.4. The molecule has 3 rings (SSSR count). The number of carbonyl (C=O) groups excluding carboxylic acids is 2. The Morgan fingerprint density at radius 1 is 1.25 bits per heavy atom. The standard InChI is InChI=1S/C18H18N2O3S/c1-9-15(11(3)21)17(16(10(2)20-9)18(22)23-4)13-8-24-14-5-6-19-7-12(13)14/h5-8,17,20H,1-4H3. The van der Waals surface area contributed by atoms with Crippen LogP contribution in [0.3, 0.4) is 0 Å². The average Bonchev–Trinajstić information content (AvgIpc) is 2.96. The van der Waals surface area contributed by atoms with Crippen LogP contribution in [0.1, 0.15) is 32.3 Å². The van der Waals surface area contributed by atoms with Crippen molar-refractivity contribution in [1.29, 1.82) is 0 Å². The van der Waals surface area contributed by atoms with E-state index in [9.17, 15) is 9.59 Å². The summed E-state index contributed by atoms with van der Waals surface area (Å²) in [5.74, 6) is -0.948. The third-order valence-electron chi connectivity index (χ3n) is 4.26. The lowest BCUT2D eigenvalue weighted by molar-refractivity contribution is -0.136. The third-order valence-corrected chi connectivity index (χ3v) is 5.24. The fourth-order valence-electron chi connectivity index (χ4n) is 3.27. The first kappa shape index (κ1) is 16.4. The number of Topliss-reactive ketones (excluding diaryl/α,β-unsaturated/α-hetero) is 1. The molecule has 0 saturated carbocycles. The highest BCUT2D eigenvalue weighted by Crippen LogP contribution is 2.43. The van der Waals surface area contributed by atoms with Crippen LogP contribution in [-0.2, 0) is 14.3 Å². The van der Waals surface area contributed by atoms with Gasteiger partial charge in [0.1, 0.15) is 0 Å². The van der Waals surface area contributed by atoms with Gasteiger partial charge in [-0.1, -0.05) is 0 Å². The van der Waals surface area contributed by atoms with Crippen LogP contribution in [0.15, 0.2) is 46.4 Å². The summed E-state index contributed by atoms with van der Waals surface area (Å²) in [5.41, 5.74) is 3.44. The Hall–Kier alpha value is -2.47. The number of ether oxygens (including phenoxy) is 1. The van der Waals surface area contributed by atoms with Gasteiger partial charge in [-0.05, 0) is 37.8 Å². The summed E-state index contributed by atoms with van der Waals surface area (Å²) in [6.07, 6.45) is 3.51. The van der Waals surface area contributed by atoms with E-state index in [1.54, 1.807) is 23.7 Å². The molecule has 1 atom stereocenters. The number of pyridine rings is 1. The molecule has 0 saturated heterocycles. The van der Waals surface area contributed by atoms with Crippen LogP contribution < -0.4 is 5.32 Å². The molecule has 1 N–H and O–H groups in total. The second-order valence-corrected chi connectivity index (χ2v) is 6.66. The molecule has 1 aliphatic rings. The number of hydrogen-bond donors (Lipinski definition) is 1. The van der Waals surface area contributed by atoms with Gasteiger partial charge in [0, 0.05) is 45.4 Å². The van der Waals surface area contributed by atoms with Crippen molar-refractivity contribution >= 4 is 33.2 Å². The van der Waals surface area contributed by atoms with Gasteiger partial charge in [0.25, 0.3) is 0 Å². The van der Waals surface area contributed by atoms with E-state index in [0.717, 1.165) is 21.3 Å². The van der Waals surface area contributed by atoms with Crippen LogP contribution in [0, 0.1) is 0 Å². The lowest BCUT2D eigenvalue weighted by Gasteiger charge is -2.29. The van der Waals surface area contributed by atoms with E-state index in [1.807, 2.05) is 25.3 Å². The van der Waals surface area contributed by atoms with Crippen molar-refractivity contribution in [1.82, 2.24) is 10.3 Å². The van der Waals surface area contributed by atoms with Gasteiger partial charge in [-0.2, -0.15) is 0 Å². The molecule has 0 aliphatic carbocycles. The van der Waals surface area contributed by atoms with Crippen molar-refractivity contribution in [2.45, 2.75) is 26.7 Å². The maximum Gasteiger partial charge on any atom is 0.336 e. The molecule has 1 unspecified atom stereocenters. The SMILES string of the molecule is COC(=O)C1=C(C)NC(C)=C(C(C)=O)C1c1csc2ccncc12. The third kappa shape index (κ3) is 2.53. The first-order valence-electron chi connectivity index (χ1n) is 7.54. The first-order valence-corrected chi connectivity index (χ1v) is 8.42. The van der Waals surface area contributed by atoms with Crippen LogP contribution in [0.5, 0.6) is 0 Å². The molecule has 2 aromatic heterocycles. The lowest BCUT2D eigenvalue weighted by atomic mass is 9.79. The Balaban J connectivity index is 2.30. The highest BCUT2D eigenvalue weighted by molar-refractivity contribution is 7.17. The Labute approximate surface area is 144 Å². The molecule has 124 valence electrons. The summed E-state index contributed by atoms with van der Waals surface area (Å²) in [6.45, 7) is 5.20. The summed E-state index contributed by atoms with van der Waals surface area (Å²) >= 11 is 1.58. The predicted molar refractivity (Wildman–Crippen MR) is 93.6 cm³/mol. The van der Waals surface area contributed by atoms with Crippen LogP contribution in [0.25, 0.3) is 10.1 Å². The number of nitrogens with zero attached hydrogens (tertiary/aromatic N) is 1. The number of dihydropyridines is 1. The van der Waals surface area contributed by atoms with Crippen molar-refractivity contribution < 1.29 is 14.3 Å². The number of thiophene rings is 1. The second-order valence-electron chi connectivity index (χ2n) is 5.75. The zero-order valence-corrected chi connectivity index (χ0v) is 14.8. The molecule has 0 fully saturated rings. The van der Waals surface area contributed by atoms with Crippen LogP contribution in [0.2, 0.25) is 0 Å². The van der Waals surface area contributed by atoms with Gasteiger partial charge in [-0.25, -0.2) is 4.79 Å². The Kier molecular flexibility index (Phi) is 4.24. The summed E-state index contributed by atoms with van der Waals surface area (Å²) in [7, 11) is 1.35. The van der Waals surface area contributed by atoms with Crippen LogP contribution >= 0.6 is 11.3 Å². The summed E-state index contributed by atoms with van der Waals surface area (Å²) < 4.78 is 6.05. The van der Waals surface area contributed by atoms with Gasteiger partial charge in [-0.15, -0.1) is 11.3 Å². The number of ketones is 1. The Morgan fingerprint density at radius 3 is 2.62 bits per heavy atom. The number of carbonyl (C=O) groups is 2. The van der Waals surface area contributed by atoms with Crippen molar-refractivity contribution in [3.8, 4) is 0 Å². The fraction of sp³-hybridized carbons (Fsp3) is 0.278. The average molecular weight is 342 g/mol. The molecule has 3 heterocycles. The number of allylic oxidation sites excluding steroid dienone is 3. The minimum absolute atomic E-state index is 0.0675. The quantitative estimate of drug-likeness (QED) is 0.867. The van der Waals surface area contributed by atoms with Crippen molar-refractivity contribution in [2.75, 3.05) is 7.11 Å². The number of aromatic nitrogens is 1. The number of fused-ring (bicyclic) bond motifs is 1. The fourth-order valence-corrected chi connectivity index (χ4v) is 4.22. The summed E-state index contributed by atoms with van der Waals surface area (Å²) in [4.78, 5) is 29.0. The molecule has 0 spiro atoms. The summed E-state index contributed by atoms with van der Waals surface area (Å²) in [5, 5.41) is 6.09. The smallest absolute Gasteiger partial charge is 0.336 e. The monoisotopic (exact) mass is 342 g/mol. The highest BCUT2D eigenvalue weighted by Gasteiger charge is 2.36. The molecule has 2 aromatic rings. The van der Waals surface area contributed by atoms with Gasteiger partial charge in [0.2, 0.25) is 0 Å². The molecule has 0 bridgehead atoms. The number of methoxy groups -OCH3 is 1. The van der Waals surface area contributed by atoms with E-state index < -0.39 is 11.9 Å². The van der Waals surface area contributed by atoms with Gasteiger partial charge in [-0.3, -0.25) is 9.78 Å². The number of hydrogen-bond acceptors (Lipinski definition) is 6. The van der Waals surface area contributed by atoms with E-state index >= 15 is 0 Å². The van der Waals surface area contributed by atoms with Crippen LogP contribution in [0.4, 0.5) is 0 Å². The first-order chi connectivity index (χ1) is 11.5. The zero-order valence-electron chi connectivity index (χ0n) is 14.0. The van der Waals surface area contributed by atoms with Crippen molar-refractivity contribution in [2.24, 2.45) is 0 Å². The molecule has 24 heavy (non-hydrogen) atoms. The summed E-state index contributed by atoms with van der Waals surface area (Å²) in [6, 6.07) is 1.93. The highest BCUT2D eigenvalue weighted by atomic mass is 32.1. The minimum Gasteiger partial charge on any atom is -0.466 e. The van der Waals surface area contributed by atoms with E-state index in [4.69, 9.17) is 4.74 Å². The van der Waals surface area contributed by atoms with Crippen LogP contribution in [-0.4, -0.2) is 23.8 Å². The topological polar surface area (TPSA) is 68.3 Å². The van der Waals surface area contributed by atoms with E-state index in [2.05, 4.69) is 10.3 Å². The van der Waals surface area contributed by atoms with Gasteiger partial charge >= 0.3 is 5.97 Å². The minimum atomic E-state index is -0.450. The molecule has 0 amide bonds. The van der Waals surface area contributed by atoms with E-state index in [0.29, 0.717) is 16.8 Å². The molecular formula is C18H18N2O3S. The molecule has 1 aliphatic heterocycles. The number of nitrogens with one attached hydrogen (secondary N) is 1. The maximum absolute atomic E-state index is 12.4. The van der Waals surface area contributed by atoms with Crippen molar-refractivity contribution in [3.63, 3.8) is 0 Å². The predicted octanol–water partition coefficient (Wildman–Crippen LogP) is 3.29. The molecule has 0 radical (unpaired) electrons. The molecule has 5 nitrogen and oxygen atoms in total. The second kappa shape index (κ2) is 6.20. The Morgan fingerprint density at radius 2 is 1.96 bits per heavy atom. The normalized spacial score (nSPS) is 17.9. The van der Waals surface area contributed by atoms with Gasteiger partial charge in [0.15, 0.2) is 5.78 Å². The van der Waals surface area contributed by atoms with E-state index in [1.165, 1.54) is 14.0 Å². The van der Waals surface area contributed by atoms with Crippen molar-refractivity contribution in [3.05, 3.63) is 51.9 Å². The molecule has 0 aromatic carbocycles. The Bertz CT molecular complexity index is 908. The molecule has 6 heteroatoms. The van der Waals surface area contributed by atoms with Gasteiger partial charge < -0.3 is 10.1 Å². The zero-order chi connectivity index (χ0) is 17.4. The van der Waals surface area contributed by atoms with Gasteiger partial charge in [0.05, 0.1) is 12.7 Å².